The van der Waals surface area contributed by atoms with Crippen molar-refractivity contribution in [2.24, 2.45) is 0 Å². The number of anilines is 1. The molecule has 0 saturated carbocycles. The Balaban J connectivity index is 2.51. The molecule has 0 atom stereocenters. The molecule has 0 fully saturated rings. The van der Waals surface area contributed by atoms with E-state index in [1.54, 1.807) is 12.1 Å². The van der Waals surface area contributed by atoms with Crippen molar-refractivity contribution in [3.63, 3.8) is 0 Å². The number of H-pyrrole nitrogens is 1. The molecule has 2 rings (SSSR count). The molecular formula is C12H11ClN2O4S. The number of nitrogens with one attached hydrogen (secondary N) is 1. The van der Waals surface area contributed by atoms with Gasteiger partial charge in [0.25, 0.3) is 10.0 Å². The van der Waals surface area contributed by atoms with Gasteiger partial charge in [-0.15, -0.1) is 0 Å². The summed E-state index contributed by atoms with van der Waals surface area (Å²) in [5.74, 6) is -1.26. The van der Waals surface area contributed by atoms with Crippen LogP contribution in [0, 0.1) is 0 Å². The van der Waals surface area contributed by atoms with Crippen molar-refractivity contribution in [1.82, 2.24) is 4.98 Å². The average Bonchev–Trinajstić information content (AvgIpc) is 2.90. The molecule has 20 heavy (non-hydrogen) atoms. The highest BCUT2D eigenvalue weighted by Gasteiger charge is 2.27. The number of aliphatic carboxylic acids is 1. The number of aromatic amines is 1. The summed E-state index contributed by atoms with van der Waals surface area (Å²) >= 11 is 5.83. The molecule has 1 aromatic carbocycles. The Bertz CT molecular complexity index is 713. The third kappa shape index (κ3) is 2.94. The number of carbonyl (C=O) groups is 1. The normalized spacial score (nSPS) is 11.2. The van der Waals surface area contributed by atoms with Gasteiger partial charge in [0.05, 0.1) is 5.69 Å². The van der Waals surface area contributed by atoms with Gasteiger partial charge in [0, 0.05) is 17.4 Å². The lowest BCUT2D eigenvalue weighted by atomic mass is 10.3. The zero-order valence-electron chi connectivity index (χ0n) is 10.2. The minimum absolute atomic E-state index is 0.0151. The van der Waals surface area contributed by atoms with E-state index in [9.17, 15) is 13.2 Å². The maximum atomic E-state index is 12.4. The van der Waals surface area contributed by atoms with Crippen LogP contribution in [-0.2, 0) is 14.8 Å². The molecule has 0 spiro atoms. The van der Waals surface area contributed by atoms with Crippen molar-refractivity contribution in [2.45, 2.75) is 4.90 Å². The molecule has 0 saturated heterocycles. The van der Waals surface area contributed by atoms with Gasteiger partial charge >= 0.3 is 5.97 Å². The summed E-state index contributed by atoms with van der Waals surface area (Å²) in [7, 11) is -3.96. The summed E-state index contributed by atoms with van der Waals surface area (Å²) in [5, 5.41) is 9.25. The topological polar surface area (TPSA) is 90.5 Å². The SMILES string of the molecule is O=C(O)CN(c1cccc(Cl)c1)S(=O)(=O)c1cc[nH]c1. The lowest BCUT2D eigenvalue weighted by molar-refractivity contribution is -0.135. The van der Waals surface area contributed by atoms with Crippen LogP contribution < -0.4 is 4.31 Å². The predicted molar refractivity (Wildman–Crippen MR) is 74.4 cm³/mol. The van der Waals surface area contributed by atoms with Crippen LogP contribution in [0.1, 0.15) is 0 Å². The number of sulfonamides is 1. The van der Waals surface area contributed by atoms with Gasteiger partial charge in [-0.2, -0.15) is 0 Å². The second-order valence-electron chi connectivity index (χ2n) is 3.93. The molecule has 2 N–H and O–H groups in total. The Kier molecular flexibility index (Phi) is 4.01. The molecule has 6 nitrogen and oxygen atoms in total. The van der Waals surface area contributed by atoms with Gasteiger partial charge in [-0.3, -0.25) is 9.10 Å². The molecule has 106 valence electrons. The van der Waals surface area contributed by atoms with E-state index in [2.05, 4.69) is 4.98 Å². The van der Waals surface area contributed by atoms with Crippen molar-refractivity contribution in [1.29, 1.82) is 0 Å². The Hall–Kier alpha value is -1.99. The van der Waals surface area contributed by atoms with Gasteiger partial charge in [0.15, 0.2) is 0 Å². The number of hydrogen-bond acceptors (Lipinski definition) is 3. The number of halogens is 1. The third-order valence-corrected chi connectivity index (χ3v) is 4.54. The van der Waals surface area contributed by atoms with Crippen molar-refractivity contribution >= 4 is 33.3 Å². The smallest absolute Gasteiger partial charge is 0.324 e. The van der Waals surface area contributed by atoms with Gasteiger partial charge in [-0.05, 0) is 24.3 Å². The van der Waals surface area contributed by atoms with E-state index in [0.29, 0.717) is 5.02 Å². The number of nitrogens with zero attached hydrogens (tertiary/aromatic N) is 1. The Labute approximate surface area is 120 Å². The third-order valence-electron chi connectivity index (χ3n) is 2.53. The molecule has 0 aliphatic carbocycles. The summed E-state index contributed by atoms with van der Waals surface area (Å²) in [6.45, 7) is -0.687. The van der Waals surface area contributed by atoms with E-state index in [0.717, 1.165) is 4.31 Å². The first kappa shape index (κ1) is 14.4. The number of hydrogen-bond donors (Lipinski definition) is 2. The minimum Gasteiger partial charge on any atom is -0.480 e. The number of aromatic nitrogens is 1. The highest BCUT2D eigenvalue weighted by Crippen LogP contribution is 2.25. The zero-order chi connectivity index (χ0) is 14.8. The van der Waals surface area contributed by atoms with Gasteiger partial charge in [-0.1, -0.05) is 17.7 Å². The summed E-state index contributed by atoms with van der Waals surface area (Å²) in [6, 6.07) is 7.37. The zero-order valence-corrected chi connectivity index (χ0v) is 11.7. The van der Waals surface area contributed by atoms with E-state index >= 15 is 0 Å². The van der Waals surface area contributed by atoms with Crippen LogP contribution in [0.25, 0.3) is 0 Å². The first-order chi connectivity index (χ1) is 9.41. The van der Waals surface area contributed by atoms with Crippen LogP contribution in [0.3, 0.4) is 0 Å². The van der Waals surface area contributed by atoms with Crippen LogP contribution in [0.15, 0.2) is 47.6 Å². The molecule has 1 aromatic heterocycles. The summed E-state index contributed by atoms with van der Waals surface area (Å²) in [6.07, 6.45) is 2.73. The van der Waals surface area contributed by atoms with Crippen LogP contribution in [0.2, 0.25) is 5.02 Å². The second kappa shape index (κ2) is 5.56. The quantitative estimate of drug-likeness (QED) is 0.882. The maximum absolute atomic E-state index is 12.4. The van der Waals surface area contributed by atoms with Gasteiger partial charge in [0.2, 0.25) is 0 Å². The van der Waals surface area contributed by atoms with Crippen LogP contribution in [0.4, 0.5) is 5.69 Å². The lowest BCUT2D eigenvalue weighted by Gasteiger charge is -2.22. The highest BCUT2D eigenvalue weighted by atomic mass is 35.5. The van der Waals surface area contributed by atoms with Gasteiger partial charge in [-0.25, -0.2) is 8.42 Å². The van der Waals surface area contributed by atoms with E-state index in [1.165, 1.54) is 30.6 Å². The Morgan fingerprint density at radius 2 is 2.10 bits per heavy atom. The van der Waals surface area contributed by atoms with Crippen LogP contribution in [-0.4, -0.2) is 31.0 Å². The Morgan fingerprint density at radius 3 is 2.65 bits per heavy atom. The van der Waals surface area contributed by atoms with Crippen molar-refractivity contribution in [3.8, 4) is 0 Å². The molecule has 0 unspecified atom stereocenters. The molecule has 0 radical (unpaired) electrons. The van der Waals surface area contributed by atoms with Gasteiger partial charge in [0.1, 0.15) is 11.4 Å². The monoisotopic (exact) mass is 314 g/mol. The fraction of sp³-hybridized carbons (Fsp3) is 0.0833. The first-order valence-corrected chi connectivity index (χ1v) is 7.36. The number of benzene rings is 1. The lowest BCUT2D eigenvalue weighted by Crippen LogP contribution is -2.35. The molecule has 0 aliphatic rings. The van der Waals surface area contributed by atoms with E-state index in [1.807, 2.05) is 0 Å². The molecule has 0 aliphatic heterocycles. The molecule has 0 bridgehead atoms. The number of rotatable bonds is 5. The minimum atomic E-state index is -3.96. The van der Waals surface area contributed by atoms with Crippen molar-refractivity contribution < 1.29 is 18.3 Å². The summed E-state index contributed by atoms with van der Waals surface area (Å²) in [5.41, 5.74) is 0.195. The number of carboxylic acids is 1. The number of carboxylic acid groups (broad SMARTS) is 1. The predicted octanol–water partition coefficient (Wildman–Crippen LogP) is 1.95. The van der Waals surface area contributed by atoms with E-state index in [4.69, 9.17) is 16.7 Å². The molecule has 1 heterocycles. The largest absolute Gasteiger partial charge is 0.480 e. The first-order valence-electron chi connectivity index (χ1n) is 5.54. The van der Waals surface area contributed by atoms with Crippen molar-refractivity contribution in [2.75, 3.05) is 10.8 Å². The molecule has 8 heteroatoms. The average molecular weight is 315 g/mol. The summed E-state index contributed by atoms with van der Waals surface area (Å²) < 4.78 is 25.7. The molecular weight excluding hydrogens is 304 g/mol. The summed E-state index contributed by atoms with van der Waals surface area (Å²) in [4.78, 5) is 13.5. The molecule has 2 aromatic rings. The van der Waals surface area contributed by atoms with Crippen LogP contribution in [0.5, 0.6) is 0 Å². The van der Waals surface area contributed by atoms with E-state index < -0.39 is 22.5 Å². The fourth-order valence-corrected chi connectivity index (χ4v) is 3.23. The van der Waals surface area contributed by atoms with Crippen molar-refractivity contribution in [3.05, 3.63) is 47.7 Å². The second-order valence-corrected chi connectivity index (χ2v) is 6.23. The maximum Gasteiger partial charge on any atom is 0.324 e. The highest BCUT2D eigenvalue weighted by molar-refractivity contribution is 7.92. The fourth-order valence-electron chi connectivity index (χ4n) is 1.67. The standard InChI is InChI=1S/C12H11ClN2O4S/c13-9-2-1-3-10(6-9)15(8-12(16)17)20(18,19)11-4-5-14-7-11/h1-7,14H,8H2,(H,16,17). The van der Waals surface area contributed by atoms with E-state index in [-0.39, 0.29) is 10.6 Å². The van der Waals surface area contributed by atoms with Crippen LogP contribution >= 0.6 is 11.6 Å². The van der Waals surface area contributed by atoms with Gasteiger partial charge < -0.3 is 10.1 Å². The Morgan fingerprint density at radius 1 is 1.35 bits per heavy atom. The molecule has 0 amide bonds.